The van der Waals surface area contributed by atoms with Gasteiger partial charge in [0.2, 0.25) is 0 Å². The molecule has 2 aliphatic carbocycles. The Kier molecular flexibility index (Phi) is 4.29. The molecule has 2 saturated carbocycles. The lowest BCUT2D eigenvalue weighted by atomic mass is 9.77. The molecule has 0 radical (unpaired) electrons. The minimum Gasteiger partial charge on any atom is -0.393 e. The van der Waals surface area contributed by atoms with Crippen molar-refractivity contribution in [3.63, 3.8) is 0 Å². The minimum absolute atomic E-state index is 0.0190. The SMILES string of the molecule is CC(C)CC1CCC(C2CCCCC2)C1O. The first-order chi connectivity index (χ1) is 7.68. The van der Waals surface area contributed by atoms with Crippen molar-refractivity contribution in [3.05, 3.63) is 0 Å². The first kappa shape index (κ1) is 12.4. The maximum absolute atomic E-state index is 10.4. The summed E-state index contributed by atoms with van der Waals surface area (Å²) < 4.78 is 0. The van der Waals surface area contributed by atoms with Gasteiger partial charge in [0.25, 0.3) is 0 Å². The fourth-order valence-electron chi connectivity index (χ4n) is 4.04. The van der Waals surface area contributed by atoms with Crippen molar-refractivity contribution in [1.82, 2.24) is 0 Å². The zero-order chi connectivity index (χ0) is 11.5. The van der Waals surface area contributed by atoms with Crippen LogP contribution in [-0.4, -0.2) is 11.2 Å². The summed E-state index contributed by atoms with van der Waals surface area (Å²) in [5.41, 5.74) is 0. The molecular weight excluding hydrogens is 196 g/mol. The summed E-state index contributed by atoms with van der Waals surface area (Å²) in [6.07, 6.45) is 10.8. The largest absolute Gasteiger partial charge is 0.393 e. The van der Waals surface area contributed by atoms with Crippen molar-refractivity contribution in [2.24, 2.45) is 23.7 Å². The molecule has 0 heterocycles. The van der Waals surface area contributed by atoms with Gasteiger partial charge in [-0.05, 0) is 42.9 Å². The highest BCUT2D eigenvalue weighted by Gasteiger charge is 2.39. The highest BCUT2D eigenvalue weighted by molar-refractivity contribution is 4.89. The Morgan fingerprint density at radius 3 is 2.31 bits per heavy atom. The number of rotatable bonds is 3. The molecule has 0 aromatic carbocycles. The molecule has 0 saturated heterocycles. The van der Waals surface area contributed by atoms with Crippen LogP contribution in [0.15, 0.2) is 0 Å². The van der Waals surface area contributed by atoms with Gasteiger partial charge in [-0.15, -0.1) is 0 Å². The normalized spacial score (nSPS) is 37.1. The second kappa shape index (κ2) is 5.53. The zero-order valence-corrected chi connectivity index (χ0v) is 11.0. The van der Waals surface area contributed by atoms with Gasteiger partial charge in [0.05, 0.1) is 6.10 Å². The van der Waals surface area contributed by atoms with E-state index in [0.29, 0.717) is 11.8 Å². The highest BCUT2D eigenvalue weighted by Crippen LogP contribution is 2.43. The lowest BCUT2D eigenvalue weighted by molar-refractivity contribution is 0.0469. The first-order valence-electron chi connectivity index (χ1n) is 7.36. The molecule has 1 nitrogen and oxygen atoms in total. The van der Waals surface area contributed by atoms with Crippen LogP contribution in [0.4, 0.5) is 0 Å². The fraction of sp³-hybridized carbons (Fsp3) is 1.00. The monoisotopic (exact) mass is 224 g/mol. The van der Waals surface area contributed by atoms with E-state index in [-0.39, 0.29) is 6.10 Å². The van der Waals surface area contributed by atoms with Crippen LogP contribution in [0.5, 0.6) is 0 Å². The Bertz CT molecular complexity index is 205. The summed E-state index contributed by atoms with van der Waals surface area (Å²) in [5, 5.41) is 10.4. The lowest BCUT2D eigenvalue weighted by Crippen LogP contribution is -2.29. The second-order valence-corrected chi connectivity index (χ2v) is 6.52. The van der Waals surface area contributed by atoms with Gasteiger partial charge < -0.3 is 5.11 Å². The molecule has 0 aromatic heterocycles. The van der Waals surface area contributed by atoms with E-state index in [1.54, 1.807) is 0 Å². The summed E-state index contributed by atoms with van der Waals surface area (Å²) in [6, 6.07) is 0. The maximum atomic E-state index is 10.4. The summed E-state index contributed by atoms with van der Waals surface area (Å²) in [6.45, 7) is 4.56. The van der Waals surface area contributed by atoms with Gasteiger partial charge in [-0.1, -0.05) is 46.0 Å². The van der Waals surface area contributed by atoms with Crippen LogP contribution in [0.1, 0.15) is 65.2 Å². The molecule has 16 heavy (non-hydrogen) atoms. The molecule has 1 heteroatoms. The van der Waals surface area contributed by atoms with Gasteiger partial charge in [-0.25, -0.2) is 0 Å². The van der Waals surface area contributed by atoms with E-state index in [2.05, 4.69) is 13.8 Å². The Hall–Kier alpha value is -0.0400. The van der Waals surface area contributed by atoms with E-state index in [0.717, 1.165) is 11.8 Å². The van der Waals surface area contributed by atoms with Gasteiger partial charge in [0.1, 0.15) is 0 Å². The Morgan fingerprint density at radius 2 is 1.69 bits per heavy atom. The molecule has 3 atom stereocenters. The van der Waals surface area contributed by atoms with Crippen molar-refractivity contribution >= 4 is 0 Å². The molecule has 0 amide bonds. The predicted molar refractivity (Wildman–Crippen MR) is 68.3 cm³/mol. The van der Waals surface area contributed by atoms with Gasteiger partial charge in [-0.3, -0.25) is 0 Å². The molecule has 0 aromatic rings. The summed E-state index contributed by atoms with van der Waals surface area (Å²) in [7, 11) is 0. The standard InChI is InChI=1S/C15H28O/c1-11(2)10-13-8-9-14(15(13)16)12-6-4-3-5-7-12/h11-16H,3-10H2,1-2H3. The Morgan fingerprint density at radius 1 is 1.00 bits per heavy atom. The van der Waals surface area contributed by atoms with Gasteiger partial charge in [0, 0.05) is 0 Å². The van der Waals surface area contributed by atoms with Gasteiger partial charge in [0.15, 0.2) is 0 Å². The van der Waals surface area contributed by atoms with Crippen molar-refractivity contribution in [2.75, 3.05) is 0 Å². The summed E-state index contributed by atoms with van der Waals surface area (Å²) >= 11 is 0. The van der Waals surface area contributed by atoms with Crippen LogP contribution < -0.4 is 0 Å². The highest BCUT2D eigenvalue weighted by atomic mass is 16.3. The van der Waals surface area contributed by atoms with Crippen molar-refractivity contribution < 1.29 is 5.11 Å². The number of hydrogen-bond acceptors (Lipinski definition) is 1. The Labute approximate surface area is 101 Å². The zero-order valence-electron chi connectivity index (χ0n) is 11.0. The van der Waals surface area contributed by atoms with Gasteiger partial charge >= 0.3 is 0 Å². The molecule has 0 bridgehead atoms. The lowest BCUT2D eigenvalue weighted by Gasteiger charge is -2.31. The fourth-order valence-corrected chi connectivity index (χ4v) is 4.04. The van der Waals surface area contributed by atoms with E-state index in [1.807, 2.05) is 0 Å². The van der Waals surface area contributed by atoms with E-state index >= 15 is 0 Å². The number of aliphatic hydroxyl groups is 1. The van der Waals surface area contributed by atoms with E-state index < -0.39 is 0 Å². The third kappa shape index (κ3) is 2.80. The van der Waals surface area contributed by atoms with Crippen LogP contribution in [0.3, 0.4) is 0 Å². The molecule has 1 N–H and O–H groups in total. The van der Waals surface area contributed by atoms with Crippen molar-refractivity contribution in [2.45, 2.75) is 71.3 Å². The van der Waals surface area contributed by atoms with Crippen LogP contribution in [-0.2, 0) is 0 Å². The second-order valence-electron chi connectivity index (χ2n) is 6.52. The van der Waals surface area contributed by atoms with Crippen LogP contribution in [0, 0.1) is 23.7 Å². The Balaban J connectivity index is 1.87. The van der Waals surface area contributed by atoms with Crippen molar-refractivity contribution in [3.8, 4) is 0 Å². The number of aliphatic hydroxyl groups excluding tert-OH is 1. The number of hydrogen-bond donors (Lipinski definition) is 1. The topological polar surface area (TPSA) is 20.2 Å². The minimum atomic E-state index is 0.0190. The average molecular weight is 224 g/mol. The molecule has 2 aliphatic rings. The average Bonchev–Trinajstić information content (AvgIpc) is 2.61. The molecule has 3 unspecified atom stereocenters. The van der Waals surface area contributed by atoms with Gasteiger partial charge in [-0.2, -0.15) is 0 Å². The van der Waals surface area contributed by atoms with E-state index in [9.17, 15) is 5.11 Å². The predicted octanol–water partition coefficient (Wildman–Crippen LogP) is 4.00. The van der Waals surface area contributed by atoms with Crippen molar-refractivity contribution in [1.29, 1.82) is 0 Å². The molecule has 94 valence electrons. The molecule has 2 rings (SSSR count). The maximum Gasteiger partial charge on any atom is 0.0599 e. The molecule has 0 spiro atoms. The molecule has 0 aliphatic heterocycles. The van der Waals surface area contributed by atoms with Crippen LogP contribution >= 0.6 is 0 Å². The molecular formula is C15H28O. The summed E-state index contributed by atoms with van der Waals surface area (Å²) in [5.74, 6) is 2.83. The quantitative estimate of drug-likeness (QED) is 0.768. The summed E-state index contributed by atoms with van der Waals surface area (Å²) in [4.78, 5) is 0. The van der Waals surface area contributed by atoms with E-state index in [1.165, 1.54) is 51.4 Å². The first-order valence-corrected chi connectivity index (χ1v) is 7.36. The third-order valence-corrected chi connectivity index (χ3v) is 4.82. The van der Waals surface area contributed by atoms with E-state index in [4.69, 9.17) is 0 Å². The van der Waals surface area contributed by atoms with Crippen LogP contribution in [0.25, 0.3) is 0 Å². The van der Waals surface area contributed by atoms with Crippen LogP contribution in [0.2, 0.25) is 0 Å². The smallest absolute Gasteiger partial charge is 0.0599 e. The third-order valence-electron chi connectivity index (χ3n) is 4.82. The molecule has 2 fully saturated rings.